The standard InChI is InChI=1S/C21H27ClN2O3/c1-15(2)9-12-27-20-18(22)13-16(14-19(20)26-4)21(25)24(3)11-8-17-7-5-6-10-23-17/h5-7,10,13-15H,8-9,11-12H2,1-4H3. The highest BCUT2D eigenvalue weighted by atomic mass is 35.5. The zero-order valence-corrected chi connectivity index (χ0v) is 17.1. The van der Waals surface area contributed by atoms with Crippen molar-refractivity contribution in [3.63, 3.8) is 0 Å². The van der Waals surface area contributed by atoms with Crippen LogP contribution in [0.3, 0.4) is 0 Å². The van der Waals surface area contributed by atoms with Crippen LogP contribution < -0.4 is 9.47 Å². The number of benzene rings is 1. The van der Waals surface area contributed by atoms with E-state index in [4.69, 9.17) is 21.1 Å². The molecule has 0 saturated carbocycles. The summed E-state index contributed by atoms with van der Waals surface area (Å²) in [4.78, 5) is 18.7. The van der Waals surface area contributed by atoms with Crippen molar-refractivity contribution in [1.29, 1.82) is 0 Å². The highest BCUT2D eigenvalue weighted by Crippen LogP contribution is 2.37. The van der Waals surface area contributed by atoms with Gasteiger partial charge in [-0.15, -0.1) is 0 Å². The van der Waals surface area contributed by atoms with E-state index in [2.05, 4.69) is 18.8 Å². The summed E-state index contributed by atoms with van der Waals surface area (Å²) in [5.41, 5.74) is 1.42. The average Bonchev–Trinajstić information content (AvgIpc) is 2.66. The first-order chi connectivity index (χ1) is 12.9. The predicted octanol–water partition coefficient (Wildman–Crippen LogP) is 4.48. The molecule has 0 spiro atoms. The molecular weight excluding hydrogens is 364 g/mol. The average molecular weight is 391 g/mol. The van der Waals surface area contributed by atoms with Gasteiger partial charge >= 0.3 is 0 Å². The maximum absolute atomic E-state index is 12.8. The molecule has 5 nitrogen and oxygen atoms in total. The van der Waals surface area contributed by atoms with Crippen molar-refractivity contribution in [2.45, 2.75) is 26.7 Å². The van der Waals surface area contributed by atoms with Crippen LogP contribution in [0.15, 0.2) is 36.5 Å². The van der Waals surface area contributed by atoms with Gasteiger partial charge in [-0.2, -0.15) is 0 Å². The Morgan fingerprint density at radius 2 is 2.07 bits per heavy atom. The summed E-state index contributed by atoms with van der Waals surface area (Å²) in [5.74, 6) is 1.35. The lowest BCUT2D eigenvalue weighted by Crippen LogP contribution is -2.29. The van der Waals surface area contributed by atoms with Crippen LogP contribution in [0.4, 0.5) is 0 Å². The van der Waals surface area contributed by atoms with Crippen LogP contribution in [-0.2, 0) is 6.42 Å². The Morgan fingerprint density at radius 3 is 2.70 bits per heavy atom. The maximum atomic E-state index is 12.8. The molecular formula is C21H27ClN2O3. The van der Waals surface area contributed by atoms with Crippen molar-refractivity contribution in [3.8, 4) is 11.5 Å². The smallest absolute Gasteiger partial charge is 0.253 e. The number of methoxy groups -OCH3 is 1. The number of ether oxygens (including phenoxy) is 2. The molecule has 146 valence electrons. The molecule has 0 bridgehead atoms. The predicted molar refractivity (Wildman–Crippen MR) is 108 cm³/mol. The van der Waals surface area contributed by atoms with Gasteiger partial charge in [-0.1, -0.05) is 31.5 Å². The molecule has 0 aliphatic rings. The number of hydrogen-bond acceptors (Lipinski definition) is 4. The van der Waals surface area contributed by atoms with Crippen LogP contribution >= 0.6 is 11.6 Å². The molecule has 0 radical (unpaired) electrons. The fourth-order valence-corrected chi connectivity index (χ4v) is 2.80. The van der Waals surface area contributed by atoms with Crippen molar-refractivity contribution in [1.82, 2.24) is 9.88 Å². The molecule has 1 aromatic heterocycles. The SMILES string of the molecule is COc1cc(C(=O)N(C)CCc2ccccn2)cc(Cl)c1OCCC(C)C. The number of halogens is 1. The number of hydrogen-bond donors (Lipinski definition) is 0. The third-order valence-electron chi connectivity index (χ3n) is 4.19. The second kappa shape index (κ2) is 10.2. The zero-order valence-electron chi connectivity index (χ0n) is 16.4. The Morgan fingerprint density at radius 1 is 1.30 bits per heavy atom. The van der Waals surface area contributed by atoms with Crippen LogP contribution in [-0.4, -0.2) is 43.1 Å². The van der Waals surface area contributed by atoms with E-state index in [1.807, 2.05) is 18.2 Å². The van der Waals surface area contributed by atoms with E-state index in [9.17, 15) is 4.79 Å². The van der Waals surface area contributed by atoms with E-state index >= 15 is 0 Å². The number of rotatable bonds is 9. The number of pyridine rings is 1. The molecule has 0 fully saturated rings. The highest BCUT2D eigenvalue weighted by molar-refractivity contribution is 6.32. The first kappa shape index (κ1) is 21.0. The van der Waals surface area contributed by atoms with Gasteiger partial charge in [-0.25, -0.2) is 0 Å². The Labute approximate surface area is 166 Å². The molecule has 0 aliphatic carbocycles. The van der Waals surface area contributed by atoms with E-state index < -0.39 is 0 Å². The molecule has 0 saturated heterocycles. The molecule has 6 heteroatoms. The second-order valence-corrected chi connectivity index (χ2v) is 7.23. The number of likely N-dealkylation sites (N-methyl/N-ethyl adjacent to an activating group) is 1. The molecule has 0 atom stereocenters. The third kappa shape index (κ3) is 6.14. The summed E-state index contributed by atoms with van der Waals surface area (Å²) in [6.45, 7) is 5.36. The first-order valence-electron chi connectivity index (χ1n) is 9.08. The Balaban J connectivity index is 2.07. The fraction of sp³-hybridized carbons (Fsp3) is 0.429. The van der Waals surface area contributed by atoms with Gasteiger partial charge in [0.25, 0.3) is 5.91 Å². The first-order valence-corrected chi connectivity index (χ1v) is 9.45. The highest BCUT2D eigenvalue weighted by Gasteiger charge is 2.18. The summed E-state index contributed by atoms with van der Waals surface area (Å²) in [6, 6.07) is 9.07. The Kier molecular flexibility index (Phi) is 7.92. The van der Waals surface area contributed by atoms with Gasteiger partial charge in [-0.05, 0) is 36.6 Å². The molecule has 2 aromatic rings. The molecule has 0 N–H and O–H groups in total. The lowest BCUT2D eigenvalue weighted by Gasteiger charge is -2.19. The van der Waals surface area contributed by atoms with Gasteiger partial charge in [0.1, 0.15) is 0 Å². The number of aromatic nitrogens is 1. The summed E-state index contributed by atoms with van der Waals surface area (Å²) in [7, 11) is 3.30. The van der Waals surface area contributed by atoms with Gasteiger partial charge in [0, 0.05) is 37.5 Å². The van der Waals surface area contributed by atoms with Crippen LogP contribution in [0.25, 0.3) is 0 Å². The van der Waals surface area contributed by atoms with Crippen molar-refractivity contribution in [2.24, 2.45) is 5.92 Å². The summed E-state index contributed by atoms with van der Waals surface area (Å²) >= 11 is 6.36. The Hall–Kier alpha value is -2.27. The monoisotopic (exact) mass is 390 g/mol. The lowest BCUT2D eigenvalue weighted by atomic mass is 10.1. The molecule has 1 aromatic carbocycles. The Bertz CT molecular complexity index is 751. The van der Waals surface area contributed by atoms with Crippen LogP contribution in [0.5, 0.6) is 11.5 Å². The molecule has 1 heterocycles. The molecule has 1 amide bonds. The minimum Gasteiger partial charge on any atom is -0.493 e. The van der Waals surface area contributed by atoms with Crippen molar-refractivity contribution >= 4 is 17.5 Å². The molecule has 0 aliphatic heterocycles. The lowest BCUT2D eigenvalue weighted by molar-refractivity contribution is 0.0796. The van der Waals surface area contributed by atoms with Crippen molar-refractivity contribution < 1.29 is 14.3 Å². The summed E-state index contributed by atoms with van der Waals surface area (Å²) in [5, 5.41) is 0.375. The third-order valence-corrected chi connectivity index (χ3v) is 4.47. The van der Waals surface area contributed by atoms with Crippen molar-refractivity contribution in [2.75, 3.05) is 27.3 Å². The zero-order chi connectivity index (χ0) is 19.8. The fourth-order valence-electron chi connectivity index (χ4n) is 2.53. The topological polar surface area (TPSA) is 51.7 Å². The minimum absolute atomic E-state index is 0.125. The largest absolute Gasteiger partial charge is 0.493 e. The molecule has 0 unspecified atom stereocenters. The number of carbonyl (C=O) groups excluding carboxylic acids is 1. The van der Waals surface area contributed by atoms with Gasteiger partial charge in [0.2, 0.25) is 0 Å². The van der Waals surface area contributed by atoms with Crippen LogP contribution in [0.2, 0.25) is 5.02 Å². The normalized spacial score (nSPS) is 10.7. The summed E-state index contributed by atoms with van der Waals surface area (Å²) < 4.78 is 11.2. The van der Waals surface area contributed by atoms with E-state index in [1.54, 1.807) is 37.4 Å². The minimum atomic E-state index is -0.125. The summed E-state index contributed by atoms with van der Waals surface area (Å²) in [6.07, 6.45) is 3.35. The van der Waals surface area contributed by atoms with E-state index in [1.165, 1.54) is 0 Å². The van der Waals surface area contributed by atoms with Gasteiger partial charge in [0.05, 0.1) is 18.7 Å². The second-order valence-electron chi connectivity index (χ2n) is 6.82. The van der Waals surface area contributed by atoms with Crippen LogP contribution in [0, 0.1) is 5.92 Å². The maximum Gasteiger partial charge on any atom is 0.253 e. The molecule has 27 heavy (non-hydrogen) atoms. The van der Waals surface area contributed by atoms with Crippen LogP contribution in [0.1, 0.15) is 36.3 Å². The number of amides is 1. The van der Waals surface area contributed by atoms with Crippen molar-refractivity contribution in [3.05, 3.63) is 52.8 Å². The number of carbonyl (C=O) groups is 1. The quantitative estimate of drug-likeness (QED) is 0.633. The van der Waals surface area contributed by atoms with Gasteiger partial charge in [0.15, 0.2) is 11.5 Å². The van der Waals surface area contributed by atoms with Gasteiger partial charge in [-0.3, -0.25) is 9.78 Å². The van der Waals surface area contributed by atoms with E-state index in [0.29, 0.717) is 47.6 Å². The molecule has 2 rings (SSSR count). The van der Waals surface area contributed by atoms with E-state index in [-0.39, 0.29) is 5.91 Å². The van der Waals surface area contributed by atoms with Gasteiger partial charge < -0.3 is 14.4 Å². The number of nitrogens with zero attached hydrogens (tertiary/aromatic N) is 2. The van der Waals surface area contributed by atoms with E-state index in [0.717, 1.165) is 12.1 Å².